The quantitative estimate of drug-likeness (QED) is 0.714. The Balaban J connectivity index is 3.29. The number of anilines is 1. The lowest BCUT2D eigenvalue weighted by Crippen LogP contribution is -2.15. The van der Waals surface area contributed by atoms with Gasteiger partial charge in [0.25, 0.3) is 0 Å². The number of rotatable bonds is 3. The van der Waals surface area contributed by atoms with Gasteiger partial charge in [-0.15, -0.1) is 0 Å². The van der Waals surface area contributed by atoms with Crippen molar-refractivity contribution in [2.24, 2.45) is 5.73 Å². The molecule has 0 saturated heterocycles. The van der Waals surface area contributed by atoms with Crippen molar-refractivity contribution >= 4 is 11.6 Å². The van der Waals surface area contributed by atoms with E-state index >= 15 is 0 Å². The third-order valence-electron chi connectivity index (χ3n) is 2.34. The summed E-state index contributed by atoms with van der Waals surface area (Å²) in [6.07, 6.45) is 1.75. The van der Waals surface area contributed by atoms with Gasteiger partial charge in [-0.3, -0.25) is 4.79 Å². The monoisotopic (exact) mass is 192 g/mol. The van der Waals surface area contributed by atoms with E-state index in [1.54, 1.807) is 6.07 Å². The van der Waals surface area contributed by atoms with Crippen LogP contribution in [0.2, 0.25) is 0 Å². The average Bonchev–Trinajstić information content (AvgIpc) is 2.13. The lowest BCUT2D eigenvalue weighted by molar-refractivity contribution is 0.0999. The molecule has 0 atom stereocenters. The summed E-state index contributed by atoms with van der Waals surface area (Å²) < 4.78 is 0. The Morgan fingerprint density at radius 3 is 2.57 bits per heavy atom. The highest BCUT2D eigenvalue weighted by Crippen LogP contribution is 2.22. The number of benzene rings is 1. The van der Waals surface area contributed by atoms with Gasteiger partial charge in [-0.1, -0.05) is 19.4 Å². The maximum atomic E-state index is 11.1. The molecule has 0 saturated carbocycles. The first-order valence-electron chi connectivity index (χ1n) is 4.75. The number of carbonyl (C=O) groups is 1. The number of hydrogen-bond acceptors (Lipinski definition) is 2. The fraction of sp³-hybridized carbons (Fsp3) is 0.364. The Hall–Kier alpha value is -1.51. The van der Waals surface area contributed by atoms with Gasteiger partial charge in [-0.05, 0) is 30.5 Å². The number of nitrogens with two attached hydrogens (primary N) is 2. The first kappa shape index (κ1) is 10.6. The first-order chi connectivity index (χ1) is 6.57. The summed E-state index contributed by atoms with van der Waals surface area (Å²) in [4.78, 5) is 11.1. The fourth-order valence-corrected chi connectivity index (χ4v) is 1.53. The van der Waals surface area contributed by atoms with Crippen LogP contribution < -0.4 is 11.5 Å². The highest BCUT2D eigenvalue weighted by molar-refractivity contribution is 5.96. The van der Waals surface area contributed by atoms with Crippen LogP contribution >= 0.6 is 0 Å². The molecule has 0 unspecified atom stereocenters. The molecule has 14 heavy (non-hydrogen) atoms. The van der Waals surface area contributed by atoms with Crippen LogP contribution in [0.3, 0.4) is 0 Å². The largest absolute Gasteiger partial charge is 0.398 e. The summed E-state index contributed by atoms with van der Waals surface area (Å²) >= 11 is 0. The second-order valence-corrected chi connectivity index (χ2v) is 3.44. The number of hydrogen-bond donors (Lipinski definition) is 2. The fourth-order valence-electron chi connectivity index (χ4n) is 1.53. The van der Waals surface area contributed by atoms with Crippen LogP contribution in [0.5, 0.6) is 0 Å². The Morgan fingerprint density at radius 2 is 2.07 bits per heavy atom. The van der Waals surface area contributed by atoms with E-state index in [2.05, 4.69) is 0 Å². The maximum Gasteiger partial charge on any atom is 0.249 e. The molecule has 1 amide bonds. The predicted molar refractivity (Wildman–Crippen MR) is 58.1 cm³/mol. The van der Waals surface area contributed by atoms with Gasteiger partial charge < -0.3 is 11.5 Å². The van der Waals surface area contributed by atoms with Crippen molar-refractivity contribution in [2.45, 2.75) is 26.7 Å². The van der Waals surface area contributed by atoms with Crippen LogP contribution in [0.4, 0.5) is 5.69 Å². The SMILES string of the molecule is CCCc1c(C(N)=O)ccc(C)c1N. The predicted octanol–water partition coefficient (Wildman–Crippen LogP) is 1.63. The Kier molecular flexibility index (Phi) is 3.12. The van der Waals surface area contributed by atoms with Crippen LogP contribution in [-0.4, -0.2) is 5.91 Å². The van der Waals surface area contributed by atoms with Gasteiger partial charge in [0.2, 0.25) is 5.91 Å². The lowest BCUT2D eigenvalue weighted by atomic mass is 9.97. The molecule has 0 radical (unpaired) electrons. The van der Waals surface area contributed by atoms with Crippen molar-refractivity contribution in [1.29, 1.82) is 0 Å². The van der Waals surface area contributed by atoms with Gasteiger partial charge in [0, 0.05) is 11.3 Å². The van der Waals surface area contributed by atoms with Gasteiger partial charge in [-0.2, -0.15) is 0 Å². The summed E-state index contributed by atoms with van der Waals surface area (Å²) in [6.45, 7) is 3.98. The molecule has 0 bridgehead atoms. The number of nitrogen functional groups attached to an aromatic ring is 1. The number of aryl methyl sites for hydroxylation is 1. The Labute approximate surface area is 84.1 Å². The summed E-state index contributed by atoms with van der Waals surface area (Å²) in [5.41, 5.74) is 14.3. The van der Waals surface area contributed by atoms with Crippen LogP contribution in [0.1, 0.15) is 34.8 Å². The van der Waals surface area contributed by atoms with Crippen LogP contribution in [0.15, 0.2) is 12.1 Å². The molecule has 0 heterocycles. The smallest absolute Gasteiger partial charge is 0.249 e. The molecule has 0 aromatic heterocycles. The Bertz CT molecular complexity index is 359. The van der Waals surface area contributed by atoms with E-state index in [9.17, 15) is 4.79 Å². The molecule has 0 aliphatic heterocycles. The molecule has 3 nitrogen and oxygen atoms in total. The van der Waals surface area contributed by atoms with Crippen molar-refractivity contribution in [3.05, 3.63) is 28.8 Å². The van der Waals surface area contributed by atoms with Crippen molar-refractivity contribution in [2.75, 3.05) is 5.73 Å². The second kappa shape index (κ2) is 4.13. The number of carbonyl (C=O) groups excluding carboxylic acids is 1. The molecule has 1 rings (SSSR count). The molecule has 0 fully saturated rings. The van der Waals surface area contributed by atoms with E-state index < -0.39 is 5.91 Å². The van der Waals surface area contributed by atoms with Crippen molar-refractivity contribution in [1.82, 2.24) is 0 Å². The molecule has 0 aliphatic carbocycles. The average molecular weight is 192 g/mol. The van der Waals surface area contributed by atoms with Gasteiger partial charge in [-0.25, -0.2) is 0 Å². The zero-order valence-corrected chi connectivity index (χ0v) is 8.63. The summed E-state index contributed by atoms with van der Waals surface area (Å²) in [5.74, 6) is -0.403. The molecule has 76 valence electrons. The van der Waals surface area contributed by atoms with Crippen molar-refractivity contribution in [3.8, 4) is 0 Å². The van der Waals surface area contributed by atoms with Gasteiger partial charge in [0.1, 0.15) is 0 Å². The molecule has 1 aromatic carbocycles. The minimum atomic E-state index is -0.403. The van der Waals surface area contributed by atoms with E-state index in [1.807, 2.05) is 19.9 Å². The van der Waals surface area contributed by atoms with E-state index in [1.165, 1.54) is 0 Å². The topological polar surface area (TPSA) is 69.1 Å². The normalized spacial score (nSPS) is 10.1. The van der Waals surface area contributed by atoms with Crippen LogP contribution in [0.25, 0.3) is 0 Å². The first-order valence-corrected chi connectivity index (χ1v) is 4.75. The van der Waals surface area contributed by atoms with Gasteiger partial charge in [0.15, 0.2) is 0 Å². The standard InChI is InChI=1S/C11H16N2O/c1-3-4-8-9(11(13)14)6-5-7(2)10(8)12/h5-6H,3-4,12H2,1-2H3,(H2,13,14). The molecule has 4 N–H and O–H groups in total. The highest BCUT2D eigenvalue weighted by Gasteiger charge is 2.11. The number of primary amides is 1. The zero-order chi connectivity index (χ0) is 10.7. The van der Waals surface area contributed by atoms with Gasteiger partial charge in [0.05, 0.1) is 0 Å². The van der Waals surface area contributed by atoms with Crippen molar-refractivity contribution in [3.63, 3.8) is 0 Å². The zero-order valence-electron chi connectivity index (χ0n) is 8.63. The summed E-state index contributed by atoms with van der Waals surface area (Å²) in [5, 5.41) is 0. The second-order valence-electron chi connectivity index (χ2n) is 3.44. The molecule has 1 aromatic rings. The minimum Gasteiger partial charge on any atom is -0.398 e. The van der Waals surface area contributed by atoms with Crippen LogP contribution in [0, 0.1) is 6.92 Å². The summed E-state index contributed by atoms with van der Waals surface area (Å²) in [6, 6.07) is 3.58. The third kappa shape index (κ3) is 1.87. The highest BCUT2D eigenvalue weighted by atomic mass is 16.1. The molecule has 0 aliphatic rings. The Morgan fingerprint density at radius 1 is 1.43 bits per heavy atom. The van der Waals surface area contributed by atoms with Crippen molar-refractivity contribution < 1.29 is 4.79 Å². The maximum absolute atomic E-state index is 11.1. The number of amides is 1. The van der Waals surface area contributed by atoms with E-state index in [0.717, 1.165) is 24.0 Å². The van der Waals surface area contributed by atoms with E-state index in [0.29, 0.717) is 11.3 Å². The molecular weight excluding hydrogens is 176 g/mol. The molecule has 0 spiro atoms. The minimum absolute atomic E-state index is 0.403. The van der Waals surface area contributed by atoms with E-state index in [4.69, 9.17) is 11.5 Å². The summed E-state index contributed by atoms with van der Waals surface area (Å²) in [7, 11) is 0. The molecule has 3 heteroatoms. The van der Waals surface area contributed by atoms with Crippen LogP contribution in [-0.2, 0) is 6.42 Å². The third-order valence-corrected chi connectivity index (χ3v) is 2.34. The lowest BCUT2D eigenvalue weighted by Gasteiger charge is -2.11. The van der Waals surface area contributed by atoms with Gasteiger partial charge >= 0.3 is 0 Å². The van der Waals surface area contributed by atoms with E-state index in [-0.39, 0.29) is 0 Å². The molecular formula is C11H16N2O.